The third kappa shape index (κ3) is 3.74. The lowest BCUT2D eigenvalue weighted by Crippen LogP contribution is -2.23. The van der Waals surface area contributed by atoms with Crippen LogP contribution in [0.25, 0.3) is 0 Å². The standard InChI is InChI=1S/C17H19ClFNO/c1-3-20-17(14-11-12(18)9-10-15(14)19)13-7-5-6-8-16(13)21-4-2/h5-11,17,20H,3-4H2,1-2H3. The Morgan fingerprint density at radius 3 is 2.62 bits per heavy atom. The molecule has 2 aromatic rings. The Morgan fingerprint density at radius 2 is 1.90 bits per heavy atom. The molecule has 0 aromatic heterocycles. The van der Waals surface area contributed by atoms with Crippen LogP contribution in [0.15, 0.2) is 42.5 Å². The van der Waals surface area contributed by atoms with Crippen LogP contribution in [-0.2, 0) is 0 Å². The summed E-state index contributed by atoms with van der Waals surface area (Å²) in [6, 6.07) is 12.0. The molecular formula is C17H19ClFNO. The quantitative estimate of drug-likeness (QED) is 0.843. The van der Waals surface area contributed by atoms with Gasteiger partial charge in [0, 0.05) is 16.1 Å². The van der Waals surface area contributed by atoms with Gasteiger partial charge in [0.05, 0.1) is 12.6 Å². The summed E-state index contributed by atoms with van der Waals surface area (Å²) in [6.45, 7) is 5.18. The van der Waals surface area contributed by atoms with Gasteiger partial charge in [0.25, 0.3) is 0 Å². The molecule has 0 amide bonds. The largest absolute Gasteiger partial charge is 0.494 e. The molecule has 0 fully saturated rings. The van der Waals surface area contributed by atoms with Crippen LogP contribution in [0.4, 0.5) is 4.39 Å². The van der Waals surface area contributed by atoms with Crippen molar-refractivity contribution in [1.29, 1.82) is 0 Å². The van der Waals surface area contributed by atoms with Gasteiger partial charge in [0.1, 0.15) is 11.6 Å². The topological polar surface area (TPSA) is 21.3 Å². The second-order valence-corrected chi connectivity index (χ2v) is 5.06. The van der Waals surface area contributed by atoms with Gasteiger partial charge in [-0.3, -0.25) is 0 Å². The van der Waals surface area contributed by atoms with Crippen molar-refractivity contribution in [2.45, 2.75) is 19.9 Å². The number of rotatable bonds is 6. The Kier molecular flexibility index (Phi) is 5.59. The molecule has 1 N–H and O–H groups in total. The molecule has 0 aliphatic heterocycles. The Bertz CT molecular complexity index is 603. The molecule has 2 aromatic carbocycles. The van der Waals surface area contributed by atoms with Crippen molar-refractivity contribution in [3.8, 4) is 5.75 Å². The Labute approximate surface area is 129 Å². The second-order valence-electron chi connectivity index (χ2n) is 4.63. The molecular weight excluding hydrogens is 289 g/mol. The van der Waals surface area contributed by atoms with Gasteiger partial charge in [0.2, 0.25) is 0 Å². The van der Waals surface area contributed by atoms with Gasteiger partial charge in [-0.25, -0.2) is 4.39 Å². The maximum Gasteiger partial charge on any atom is 0.128 e. The Hall–Kier alpha value is -1.58. The van der Waals surface area contributed by atoms with Crippen molar-refractivity contribution in [1.82, 2.24) is 5.32 Å². The molecule has 0 spiro atoms. The van der Waals surface area contributed by atoms with E-state index in [1.54, 1.807) is 12.1 Å². The van der Waals surface area contributed by atoms with E-state index in [0.29, 0.717) is 23.7 Å². The van der Waals surface area contributed by atoms with Crippen LogP contribution in [0.3, 0.4) is 0 Å². The fourth-order valence-electron chi connectivity index (χ4n) is 2.33. The average Bonchev–Trinajstić information content (AvgIpc) is 2.49. The summed E-state index contributed by atoms with van der Waals surface area (Å²) in [4.78, 5) is 0. The highest BCUT2D eigenvalue weighted by Gasteiger charge is 2.20. The van der Waals surface area contributed by atoms with Gasteiger partial charge in [-0.15, -0.1) is 0 Å². The van der Waals surface area contributed by atoms with E-state index in [1.807, 2.05) is 38.1 Å². The average molecular weight is 308 g/mol. The molecule has 1 unspecified atom stereocenters. The molecule has 0 saturated carbocycles. The molecule has 2 rings (SSSR count). The SMILES string of the molecule is CCNC(c1cc(Cl)ccc1F)c1ccccc1OCC. The molecule has 0 aliphatic carbocycles. The number of ether oxygens (including phenoxy) is 1. The van der Waals surface area contributed by atoms with Crippen molar-refractivity contribution in [2.24, 2.45) is 0 Å². The van der Waals surface area contributed by atoms with E-state index in [-0.39, 0.29) is 11.9 Å². The smallest absolute Gasteiger partial charge is 0.128 e. The molecule has 0 radical (unpaired) electrons. The molecule has 0 bridgehead atoms. The van der Waals surface area contributed by atoms with E-state index in [1.165, 1.54) is 6.07 Å². The summed E-state index contributed by atoms with van der Waals surface area (Å²) < 4.78 is 19.9. The van der Waals surface area contributed by atoms with E-state index in [9.17, 15) is 4.39 Å². The number of hydrogen-bond acceptors (Lipinski definition) is 2. The molecule has 0 aliphatic rings. The van der Waals surface area contributed by atoms with E-state index < -0.39 is 0 Å². The first-order valence-electron chi connectivity index (χ1n) is 7.07. The van der Waals surface area contributed by atoms with Gasteiger partial charge < -0.3 is 10.1 Å². The number of nitrogens with one attached hydrogen (secondary N) is 1. The summed E-state index contributed by atoms with van der Waals surface area (Å²) in [6.07, 6.45) is 0. The highest BCUT2D eigenvalue weighted by molar-refractivity contribution is 6.30. The monoisotopic (exact) mass is 307 g/mol. The van der Waals surface area contributed by atoms with Crippen LogP contribution in [0, 0.1) is 5.82 Å². The Balaban J connectivity index is 2.50. The highest BCUT2D eigenvalue weighted by atomic mass is 35.5. The minimum Gasteiger partial charge on any atom is -0.494 e. The first-order chi connectivity index (χ1) is 10.2. The normalized spacial score (nSPS) is 12.2. The van der Waals surface area contributed by atoms with Gasteiger partial charge in [-0.1, -0.05) is 36.7 Å². The van der Waals surface area contributed by atoms with Crippen molar-refractivity contribution in [2.75, 3.05) is 13.2 Å². The van der Waals surface area contributed by atoms with Crippen molar-refractivity contribution in [3.05, 3.63) is 64.4 Å². The van der Waals surface area contributed by atoms with Crippen molar-refractivity contribution >= 4 is 11.6 Å². The van der Waals surface area contributed by atoms with Crippen LogP contribution in [0.2, 0.25) is 5.02 Å². The summed E-state index contributed by atoms with van der Waals surface area (Å²) in [7, 11) is 0. The van der Waals surface area contributed by atoms with Gasteiger partial charge in [0.15, 0.2) is 0 Å². The fourth-order valence-corrected chi connectivity index (χ4v) is 2.51. The number of halogens is 2. The molecule has 4 heteroatoms. The maximum atomic E-state index is 14.2. The third-order valence-electron chi connectivity index (χ3n) is 3.21. The zero-order valence-corrected chi connectivity index (χ0v) is 13.0. The summed E-state index contributed by atoms with van der Waals surface area (Å²) in [5, 5.41) is 3.82. The summed E-state index contributed by atoms with van der Waals surface area (Å²) in [5.41, 5.74) is 1.43. The third-order valence-corrected chi connectivity index (χ3v) is 3.44. The minimum atomic E-state index is -0.295. The lowest BCUT2D eigenvalue weighted by Gasteiger charge is -2.22. The summed E-state index contributed by atoms with van der Waals surface area (Å²) in [5.74, 6) is 0.474. The van der Waals surface area contributed by atoms with Gasteiger partial charge in [-0.2, -0.15) is 0 Å². The number of benzene rings is 2. The second kappa shape index (κ2) is 7.43. The van der Waals surface area contributed by atoms with Gasteiger partial charge >= 0.3 is 0 Å². The maximum absolute atomic E-state index is 14.2. The molecule has 2 nitrogen and oxygen atoms in total. The molecule has 0 heterocycles. The zero-order valence-electron chi connectivity index (χ0n) is 12.2. The van der Waals surface area contributed by atoms with Crippen LogP contribution < -0.4 is 10.1 Å². The van der Waals surface area contributed by atoms with Crippen LogP contribution in [0.1, 0.15) is 31.0 Å². The van der Waals surface area contributed by atoms with Crippen LogP contribution >= 0.6 is 11.6 Å². The van der Waals surface area contributed by atoms with Gasteiger partial charge in [-0.05, 0) is 37.7 Å². The predicted molar refractivity (Wildman–Crippen MR) is 84.5 cm³/mol. The van der Waals surface area contributed by atoms with Crippen LogP contribution in [0.5, 0.6) is 5.75 Å². The Morgan fingerprint density at radius 1 is 1.14 bits per heavy atom. The number of hydrogen-bond donors (Lipinski definition) is 1. The summed E-state index contributed by atoms with van der Waals surface area (Å²) >= 11 is 6.02. The lowest BCUT2D eigenvalue weighted by molar-refractivity contribution is 0.333. The van der Waals surface area contributed by atoms with E-state index in [0.717, 1.165) is 11.3 Å². The molecule has 1 atom stereocenters. The fraction of sp³-hybridized carbons (Fsp3) is 0.294. The van der Waals surface area contributed by atoms with Crippen LogP contribution in [-0.4, -0.2) is 13.2 Å². The zero-order chi connectivity index (χ0) is 15.2. The first-order valence-corrected chi connectivity index (χ1v) is 7.45. The van der Waals surface area contributed by atoms with E-state index >= 15 is 0 Å². The first kappa shape index (κ1) is 15.8. The number of para-hydroxylation sites is 1. The van der Waals surface area contributed by atoms with Crippen molar-refractivity contribution in [3.63, 3.8) is 0 Å². The van der Waals surface area contributed by atoms with E-state index in [4.69, 9.17) is 16.3 Å². The van der Waals surface area contributed by atoms with E-state index in [2.05, 4.69) is 5.32 Å². The molecule has 21 heavy (non-hydrogen) atoms. The highest BCUT2D eigenvalue weighted by Crippen LogP contribution is 2.32. The molecule has 0 saturated heterocycles. The van der Waals surface area contributed by atoms with Crippen molar-refractivity contribution < 1.29 is 9.13 Å². The predicted octanol–water partition coefficient (Wildman–Crippen LogP) is 4.58. The lowest BCUT2D eigenvalue weighted by atomic mass is 9.97. The molecule has 112 valence electrons. The minimum absolute atomic E-state index is 0.281.